The van der Waals surface area contributed by atoms with E-state index in [1.54, 1.807) is 18.3 Å². The lowest BCUT2D eigenvalue weighted by Crippen LogP contribution is -2.39. The van der Waals surface area contributed by atoms with Gasteiger partial charge in [0.1, 0.15) is 11.3 Å². The first-order valence-corrected chi connectivity index (χ1v) is 11.2. The van der Waals surface area contributed by atoms with Gasteiger partial charge in [0.25, 0.3) is 5.56 Å². The predicted molar refractivity (Wildman–Crippen MR) is 126 cm³/mol. The van der Waals surface area contributed by atoms with Gasteiger partial charge in [0.15, 0.2) is 5.65 Å². The van der Waals surface area contributed by atoms with E-state index in [1.807, 2.05) is 26.0 Å². The van der Waals surface area contributed by atoms with E-state index in [-0.39, 0.29) is 23.2 Å². The van der Waals surface area contributed by atoms with Crippen molar-refractivity contribution < 1.29 is 4.52 Å². The number of halogens is 1. The van der Waals surface area contributed by atoms with E-state index >= 15 is 0 Å². The van der Waals surface area contributed by atoms with Gasteiger partial charge in [-0.25, -0.2) is 9.78 Å². The van der Waals surface area contributed by atoms with Crippen molar-refractivity contribution in [2.75, 3.05) is 0 Å². The predicted octanol–water partition coefficient (Wildman–Crippen LogP) is 3.00. The molecule has 0 unspecified atom stereocenters. The molecule has 0 spiro atoms. The van der Waals surface area contributed by atoms with Crippen LogP contribution >= 0.6 is 11.6 Å². The van der Waals surface area contributed by atoms with Crippen LogP contribution in [-0.2, 0) is 19.5 Å². The molecule has 4 aromatic heterocycles. The zero-order valence-corrected chi connectivity index (χ0v) is 19.3. The van der Waals surface area contributed by atoms with Crippen molar-refractivity contribution >= 4 is 22.8 Å². The van der Waals surface area contributed by atoms with E-state index in [0.29, 0.717) is 59.0 Å². The molecule has 0 radical (unpaired) electrons. The van der Waals surface area contributed by atoms with Crippen molar-refractivity contribution in [3.63, 3.8) is 0 Å². The number of H-pyrrole nitrogens is 2. The molecule has 12 heteroatoms. The number of nitrogens with one attached hydrogen (secondary N) is 2. The summed E-state index contributed by atoms with van der Waals surface area (Å²) in [4.78, 5) is 37.8. The molecule has 5 rings (SSSR count). The van der Waals surface area contributed by atoms with Gasteiger partial charge in [0.2, 0.25) is 11.7 Å². The molecule has 0 fully saturated rings. The fourth-order valence-corrected chi connectivity index (χ4v) is 3.97. The van der Waals surface area contributed by atoms with Crippen molar-refractivity contribution in [1.29, 1.82) is 0 Å². The minimum Gasteiger partial charge on any atom is -0.339 e. The Morgan fingerprint density at radius 2 is 1.88 bits per heavy atom. The molecule has 0 bridgehead atoms. The Bertz CT molecular complexity index is 1590. The van der Waals surface area contributed by atoms with Crippen molar-refractivity contribution in [2.45, 2.75) is 39.8 Å². The summed E-state index contributed by atoms with van der Waals surface area (Å²) < 4.78 is 8.14. The molecule has 11 nitrogen and oxygen atoms in total. The zero-order chi connectivity index (χ0) is 23.8. The number of imidazole rings is 1. The third kappa shape index (κ3) is 3.73. The van der Waals surface area contributed by atoms with Crippen molar-refractivity contribution in [3.05, 3.63) is 67.9 Å². The van der Waals surface area contributed by atoms with Crippen LogP contribution in [0.1, 0.15) is 31.9 Å². The molecule has 34 heavy (non-hydrogen) atoms. The monoisotopic (exact) mass is 480 g/mol. The van der Waals surface area contributed by atoms with E-state index < -0.39 is 0 Å². The van der Waals surface area contributed by atoms with Crippen LogP contribution in [-0.4, -0.2) is 39.4 Å². The summed E-state index contributed by atoms with van der Waals surface area (Å²) in [7, 11) is 0. The second-order valence-electron chi connectivity index (χ2n) is 7.73. The van der Waals surface area contributed by atoms with E-state index in [9.17, 15) is 9.59 Å². The van der Waals surface area contributed by atoms with Gasteiger partial charge < -0.3 is 9.51 Å². The number of hydrogen-bond donors (Lipinski definition) is 2. The highest BCUT2D eigenvalue weighted by molar-refractivity contribution is 6.30. The van der Waals surface area contributed by atoms with Crippen LogP contribution in [0.3, 0.4) is 0 Å². The molecule has 0 saturated carbocycles. The van der Waals surface area contributed by atoms with Crippen molar-refractivity contribution in [2.24, 2.45) is 0 Å². The highest BCUT2D eigenvalue weighted by Gasteiger charge is 2.20. The summed E-state index contributed by atoms with van der Waals surface area (Å²) in [6.07, 6.45) is 2.54. The fraction of sp³-hybridized carbons (Fsp3) is 0.273. The Morgan fingerprint density at radius 1 is 1.09 bits per heavy atom. The largest absolute Gasteiger partial charge is 0.339 e. The van der Waals surface area contributed by atoms with Gasteiger partial charge >= 0.3 is 5.69 Å². The van der Waals surface area contributed by atoms with E-state index in [1.165, 1.54) is 9.13 Å². The number of aromatic amines is 2. The molecule has 0 aliphatic rings. The summed E-state index contributed by atoms with van der Waals surface area (Å²) >= 11 is 5.94. The number of benzene rings is 1. The van der Waals surface area contributed by atoms with E-state index in [2.05, 4.69) is 30.3 Å². The minimum absolute atomic E-state index is 0.271. The summed E-state index contributed by atoms with van der Waals surface area (Å²) in [5.41, 5.74) is 1.92. The molecule has 5 aromatic rings. The first-order chi connectivity index (χ1) is 16.5. The van der Waals surface area contributed by atoms with Gasteiger partial charge in [0.05, 0.1) is 23.9 Å². The molecule has 0 saturated heterocycles. The number of rotatable bonds is 7. The Kier molecular flexibility index (Phi) is 5.62. The standard InChI is InChI=1S/C22H21ClN8O3/c1-3-9-31-21(32)17-20(30(4-2)22(31)33)27-19(26-17)14-11-24-28-15(14)10-16-25-18(29-34-16)12-5-7-13(23)8-6-12/h5-8,11H,3-4,9-10H2,1-2H3,(H,24,28)(H,26,27). The van der Waals surface area contributed by atoms with Crippen LogP contribution in [0.2, 0.25) is 5.02 Å². The van der Waals surface area contributed by atoms with Crippen LogP contribution in [0, 0.1) is 0 Å². The quantitative estimate of drug-likeness (QED) is 0.364. The van der Waals surface area contributed by atoms with E-state index in [4.69, 9.17) is 16.1 Å². The Hall–Kier alpha value is -3.99. The van der Waals surface area contributed by atoms with Gasteiger partial charge in [-0.3, -0.25) is 19.0 Å². The third-order valence-corrected chi connectivity index (χ3v) is 5.75. The lowest BCUT2D eigenvalue weighted by atomic mass is 10.2. The topological polar surface area (TPSA) is 140 Å². The van der Waals surface area contributed by atoms with Crippen LogP contribution in [0.25, 0.3) is 33.9 Å². The maximum absolute atomic E-state index is 12.9. The van der Waals surface area contributed by atoms with Crippen LogP contribution in [0.4, 0.5) is 0 Å². The van der Waals surface area contributed by atoms with Crippen LogP contribution in [0.5, 0.6) is 0 Å². The maximum Gasteiger partial charge on any atom is 0.332 e. The van der Waals surface area contributed by atoms with Crippen molar-refractivity contribution in [3.8, 4) is 22.8 Å². The number of aromatic nitrogens is 8. The molecule has 0 aliphatic carbocycles. The molecule has 4 heterocycles. The molecular formula is C22H21ClN8O3. The molecule has 2 N–H and O–H groups in total. The van der Waals surface area contributed by atoms with Gasteiger partial charge in [-0.05, 0) is 37.6 Å². The molecule has 1 aromatic carbocycles. The number of aryl methyl sites for hydroxylation is 1. The van der Waals surface area contributed by atoms with Gasteiger partial charge in [-0.1, -0.05) is 23.7 Å². The lowest BCUT2D eigenvalue weighted by molar-refractivity contribution is 0.385. The van der Waals surface area contributed by atoms with Crippen LogP contribution < -0.4 is 11.2 Å². The second kappa shape index (κ2) is 8.75. The second-order valence-corrected chi connectivity index (χ2v) is 8.16. The highest BCUT2D eigenvalue weighted by Crippen LogP contribution is 2.24. The number of fused-ring (bicyclic) bond motifs is 1. The van der Waals surface area contributed by atoms with Crippen molar-refractivity contribution in [1.82, 2.24) is 39.4 Å². The Labute approximate surface area is 197 Å². The average molecular weight is 481 g/mol. The summed E-state index contributed by atoms with van der Waals surface area (Å²) in [5.74, 6) is 1.24. The number of hydrogen-bond acceptors (Lipinski definition) is 7. The SMILES string of the molecule is CCCn1c(=O)c2[nH]c(-c3cn[nH]c3Cc3nc(-c4ccc(Cl)cc4)no3)nc2n(CC)c1=O. The third-order valence-electron chi connectivity index (χ3n) is 5.50. The minimum atomic E-state index is -0.389. The molecule has 174 valence electrons. The summed E-state index contributed by atoms with van der Waals surface area (Å²) in [5, 5.41) is 11.7. The molecule has 0 aliphatic heterocycles. The fourth-order valence-electron chi connectivity index (χ4n) is 3.85. The first kappa shape index (κ1) is 21.8. The zero-order valence-electron chi connectivity index (χ0n) is 18.5. The molecule has 0 atom stereocenters. The highest BCUT2D eigenvalue weighted by atomic mass is 35.5. The van der Waals surface area contributed by atoms with Gasteiger partial charge in [-0.2, -0.15) is 10.1 Å². The summed E-state index contributed by atoms with van der Waals surface area (Å²) in [6.45, 7) is 4.48. The van der Waals surface area contributed by atoms with Gasteiger partial charge in [-0.15, -0.1) is 0 Å². The number of nitrogens with zero attached hydrogens (tertiary/aromatic N) is 6. The summed E-state index contributed by atoms with van der Waals surface area (Å²) in [6, 6.07) is 7.13. The maximum atomic E-state index is 12.9. The first-order valence-electron chi connectivity index (χ1n) is 10.8. The lowest BCUT2D eigenvalue weighted by Gasteiger charge is -2.07. The normalized spacial score (nSPS) is 11.5. The Morgan fingerprint density at radius 3 is 2.62 bits per heavy atom. The molecular weight excluding hydrogens is 460 g/mol. The Balaban J connectivity index is 1.52. The van der Waals surface area contributed by atoms with Gasteiger partial charge in [0, 0.05) is 23.7 Å². The smallest absolute Gasteiger partial charge is 0.332 e. The molecule has 0 amide bonds. The van der Waals surface area contributed by atoms with E-state index in [0.717, 1.165) is 5.56 Å². The average Bonchev–Trinajstić information content (AvgIpc) is 3.58. The van der Waals surface area contributed by atoms with Crippen LogP contribution in [0.15, 0.2) is 44.6 Å².